The molecule has 0 spiro atoms. The summed E-state index contributed by atoms with van der Waals surface area (Å²) in [6, 6.07) is 7.38. The van der Waals surface area contributed by atoms with Crippen molar-refractivity contribution in [2.24, 2.45) is 38.9 Å². The van der Waals surface area contributed by atoms with Gasteiger partial charge in [-0.15, -0.1) is 0 Å². The van der Waals surface area contributed by atoms with Gasteiger partial charge in [0.2, 0.25) is 0 Å². The zero-order chi connectivity index (χ0) is 38.4. The van der Waals surface area contributed by atoms with Crippen LogP contribution in [0.15, 0.2) is 39.5 Å². The minimum absolute atomic E-state index is 0.0283. The average Bonchev–Trinajstić information content (AvgIpc) is 3.08. The van der Waals surface area contributed by atoms with Gasteiger partial charge in [0.15, 0.2) is 0 Å². The summed E-state index contributed by atoms with van der Waals surface area (Å²) < 4.78 is 0. The maximum atomic E-state index is 11.8. The zero-order valence-electron chi connectivity index (χ0n) is 31.3. The van der Waals surface area contributed by atoms with E-state index in [-0.39, 0.29) is 49.4 Å². The number of unbranched alkanes of at least 4 members (excludes halogenated alkanes) is 9. The molecule has 292 valence electrons. The highest BCUT2D eigenvalue weighted by atomic mass is 32.1. The molecule has 0 bridgehead atoms. The molecular weight excluding hydrogens is 683 g/mol. The number of carboxylic acids is 4. The van der Waals surface area contributed by atoms with E-state index in [1.54, 1.807) is 12.1 Å². The summed E-state index contributed by atoms with van der Waals surface area (Å²) in [6.45, 7) is 3.33. The molecule has 3 unspecified atom stereocenters. The van der Waals surface area contributed by atoms with Crippen LogP contribution in [0, 0.1) is 23.7 Å². The van der Waals surface area contributed by atoms with Crippen LogP contribution < -0.4 is 0 Å². The SMILES string of the molecule is CCCCCCCCCCCCN=NCC[C@H](CCC(CCC(CC(=O)O)CC(CCC(=O)O)Cc1ccc(N=C=S)cc1)CC(=O)O)CC(=O)O. The molecule has 1 rings (SSSR count). The largest absolute Gasteiger partial charge is 0.481 e. The number of nitrogens with zero attached hydrogens (tertiary/aromatic N) is 3. The molecule has 0 aliphatic carbocycles. The molecule has 0 radical (unpaired) electrons. The first kappa shape index (κ1) is 46.5. The lowest BCUT2D eigenvalue weighted by Gasteiger charge is -2.25. The number of hydrogen-bond acceptors (Lipinski definition) is 8. The highest BCUT2D eigenvalue weighted by molar-refractivity contribution is 7.78. The number of benzene rings is 1. The summed E-state index contributed by atoms with van der Waals surface area (Å²) in [6.07, 6.45) is 16.2. The Hall–Kier alpha value is -3.50. The highest BCUT2D eigenvalue weighted by Gasteiger charge is 2.24. The van der Waals surface area contributed by atoms with Crippen molar-refractivity contribution in [3.05, 3.63) is 29.8 Å². The first-order chi connectivity index (χ1) is 25.0. The van der Waals surface area contributed by atoms with Crippen molar-refractivity contribution in [3.63, 3.8) is 0 Å². The molecule has 4 atom stereocenters. The third-order valence-electron chi connectivity index (χ3n) is 9.77. The van der Waals surface area contributed by atoms with E-state index in [0.717, 1.165) is 18.4 Å². The van der Waals surface area contributed by atoms with Gasteiger partial charge in [-0.3, -0.25) is 19.2 Å². The fraction of sp³-hybridized carbons (Fsp3) is 0.725. The van der Waals surface area contributed by atoms with Crippen molar-refractivity contribution >= 4 is 46.9 Å². The third-order valence-corrected chi connectivity index (χ3v) is 9.87. The van der Waals surface area contributed by atoms with Crippen molar-refractivity contribution in [1.82, 2.24) is 0 Å². The lowest BCUT2D eigenvalue weighted by molar-refractivity contribution is -0.140. The normalized spacial score (nSPS) is 13.6. The van der Waals surface area contributed by atoms with E-state index in [1.165, 1.54) is 51.4 Å². The molecule has 0 heterocycles. The van der Waals surface area contributed by atoms with Crippen LogP contribution in [-0.4, -0.2) is 62.6 Å². The van der Waals surface area contributed by atoms with Gasteiger partial charge < -0.3 is 20.4 Å². The Morgan fingerprint density at radius 1 is 0.596 bits per heavy atom. The van der Waals surface area contributed by atoms with Crippen LogP contribution in [0.1, 0.15) is 147 Å². The van der Waals surface area contributed by atoms with Gasteiger partial charge in [-0.2, -0.15) is 15.2 Å². The van der Waals surface area contributed by atoms with Crippen LogP contribution in [0.2, 0.25) is 0 Å². The minimum atomic E-state index is -0.956. The Kier molecular flexibility index (Phi) is 26.8. The standard InChI is InChI=1S/C40H63N3O8S/c1-2-3-4-5-6-7-8-9-10-11-23-42-43-24-22-33(28-39(48)49)13-12-32(27-38(46)47)14-15-35(29-40(50)51)26-34(18-21-37(44)45)25-31-16-19-36(20-17-31)41-30-52/h16-17,19-20,32-35H,2-15,18,21-29H2,1H3,(H,44,45)(H,46,47)(H,48,49)(H,50,51)/t32?,33-,34?,35?/m0/s1. The molecule has 1 aromatic rings. The topological polar surface area (TPSA) is 186 Å². The molecule has 0 aliphatic rings. The number of thiocarbonyl (C=S) groups is 1. The molecule has 4 N–H and O–H groups in total. The number of azo groups is 1. The fourth-order valence-corrected chi connectivity index (χ4v) is 7.04. The molecule has 11 nitrogen and oxygen atoms in total. The maximum Gasteiger partial charge on any atom is 0.303 e. The summed E-state index contributed by atoms with van der Waals surface area (Å²) in [5.41, 5.74) is 1.63. The molecule has 12 heteroatoms. The van der Waals surface area contributed by atoms with Crippen LogP contribution >= 0.6 is 12.2 Å². The Morgan fingerprint density at radius 2 is 1.08 bits per heavy atom. The zero-order valence-corrected chi connectivity index (χ0v) is 32.1. The number of isothiocyanates is 1. The Balaban J connectivity index is 2.71. The first-order valence-corrected chi connectivity index (χ1v) is 19.8. The predicted octanol–water partition coefficient (Wildman–Crippen LogP) is 10.4. The van der Waals surface area contributed by atoms with E-state index in [2.05, 4.69) is 39.5 Å². The summed E-state index contributed by atoms with van der Waals surface area (Å²) in [4.78, 5) is 50.6. The van der Waals surface area contributed by atoms with Gasteiger partial charge in [-0.25, -0.2) is 0 Å². The van der Waals surface area contributed by atoms with Gasteiger partial charge in [0.1, 0.15) is 0 Å². The third kappa shape index (κ3) is 26.3. The number of aliphatic imine (C=N–C) groups is 1. The second kappa shape index (κ2) is 30.0. The summed E-state index contributed by atoms with van der Waals surface area (Å²) >= 11 is 4.66. The van der Waals surface area contributed by atoms with Crippen molar-refractivity contribution in [2.45, 2.75) is 148 Å². The molecule has 52 heavy (non-hydrogen) atoms. The first-order valence-electron chi connectivity index (χ1n) is 19.4. The van der Waals surface area contributed by atoms with Crippen molar-refractivity contribution < 1.29 is 39.6 Å². The molecule has 0 saturated carbocycles. The lowest BCUT2D eigenvalue weighted by Crippen LogP contribution is -2.18. The monoisotopic (exact) mass is 745 g/mol. The molecule has 0 fully saturated rings. The van der Waals surface area contributed by atoms with Crippen LogP contribution in [0.25, 0.3) is 0 Å². The van der Waals surface area contributed by atoms with Gasteiger partial charge in [0.25, 0.3) is 0 Å². The molecule has 0 aromatic heterocycles. The van der Waals surface area contributed by atoms with E-state index in [9.17, 15) is 39.6 Å². The quantitative estimate of drug-likeness (QED) is 0.0230. The van der Waals surface area contributed by atoms with E-state index in [1.807, 2.05) is 12.1 Å². The van der Waals surface area contributed by atoms with Crippen molar-refractivity contribution in [2.75, 3.05) is 13.1 Å². The molecule has 0 aliphatic heterocycles. The Labute approximate surface area is 315 Å². The second-order valence-electron chi connectivity index (χ2n) is 14.4. The highest BCUT2D eigenvalue weighted by Crippen LogP contribution is 2.32. The molecule has 0 saturated heterocycles. The van der Waals surface area contributed by atoms with Crippen molar-refractivity contribution in [1.29, 1.82) is 0 Å². The van der Waals surface area contributed by atoms with Gasteiger partial charge in [-0.05, 0) is 111 Å². The van der Waals surface area contributed by atoms with E-state index in [0.29, 0.717) is 70.1 Å². The predicted molar refractivity (Wildman–Crippen MR) is 207 cm³/mol. The summed E-state index contributed by atoms with van der Waals surface area (Å²) in [7, 11) is 0. The minimum Gasteiger partial charge on any atom is -0.481 e. The van der Waals surface area contributed by atoms with Crippen LogP contribution in [-0.2, 0) is 25.6 Å². The van der Waals surface area contributed by atoms with Gasteiger partial charge in [0.05, 0.1) is 23.9 Å². The Morgan fingerprint density at radius 3 is 1.60 bits per heavy atom. The number of rotatable bonds is 34. The Bertz CT molecular complexity index is 1240. The van der Waals surface area contributed by atoms with Crippen LogP contribution in [0.5, 0.6) is 0 Å². The van der Waals surface area contributed by atoms with E-state index >= 15 is 0 Å². The van der Waals surface area contributed by atoms with Gasteiger partial charge >= 0.3 is 23.9 Å². The van der Waals surface area contributed by atoms with Crippen LogP contribution in [0.3, 0.4) is 0 Å². The average molecular weight is 746 g/mol. The van der Waals surface area contributed by atoms with Crippen LogP contribution in [0.4, 0.5) is 5.69 Å². The lowest BCUT2D eigenvalue weighted by atomic mass is 9.80. The summed E-state index contributed by atoms with van der Waals surface area (Å²) in [5.74, 6) is -4.49. The number of aliphatic carboxylic acids is 4. The van der Waals surface area contributed by atoms with Gasteiger partial charge in [-0.1, -0.05) is 76.8 Å². The fourth-order valence-electron chi connectivity index (χ4n) is 6.93. The van der Waals surface area contributed by atoms with E-state index in [4.69, 9.17) is 0 Å². The number of carboxylic acid groups (broad SMARTS) is 4. The maximum absolute atomic E-state index is 11.8. The molecule has 1 aromatic carbocycles. The smallest absolute Gasteiger partial charge is 0.303 e. The second-order valence-corrected chi connectivity index (χ2v) is 14.5. The number of carbonyl (C=O) groups is 4. The number of hydrogen-bond donors (Lipinski definition) is 4. The van der Waals surface area contributed by atoms with E-state index < -0.39 is 23.9 Å². The van der Waals surface area contributed by atoms with Crippen molar-refractivity contribution in [3.8, 4) is 0 Å². The summed E-state index contributed by atoms with van der Waals surface area (Å²) in [5, 5.41) is 49.1. The molecular formula is C40H63N3O8S. The van der Waals surface area contributed by atoms with Gasteiger partial charge in [0, 0.05) is 25.7 Å². The molecule has 0 amide bonds.